The zero-order valence-electron chi connectivity index (χ0n) is 31.7. The molecule has 2 aromatic heterocycles. The number of pyridine rings is 1. The molecule has 1 unspecified atom stereocenters. The van der Waals surface area contributed by atoms with Gasteiger partial charge in [0.1, 0.15) is 22.7 Å². The maximum atomic E-state index is 14.6. The summed E-state index contributed by atoms with van der Waals surface area (Å²) in [4.78, 5) is 42.7. The number of aromatic hydroxyl groups is 1. The van der Waals surface area contributed by atoms with Crippen molar-refractivity contribution in [2.24, 2.45) is 7.05 Å². The summed E-state index contributed by atoms with van der Waals surface area (Å²) >= 11 is 0. The van der Waals surface area contributed by atoms with Gasteiger partial charge < -0.3 is 14.1 Å². The van der Waals surface area contributed by atoms with Gasteiger partial charge in [0, 0.05) is 42.0 Å². The van der Waals surface area contributed by atoms with Crippen molar-refractivity contribution in [3.63, 3.8) is 0 Å². The highest BCUT2D eigenvalue weighted by Gasteiger charge is 2.49. The molecule has 0 bridgehead atoms. The first-order valence-corrected chi connectivity index (χ1v) is 21.8. The van der Waals surface area contributed by atoms with Crippen molar-refractivity contribution in [3.8, 4) is 28.2 Å². The minimum atomic E-state index is -1.95. The largest absolute Gasteiger partial charge is 0.507 e. The van der Waals surface area contributed by atoms with E-state index in [2.05, 4.69) is 32.9 Å². The molecular weight excluding hydrogens is 689 g/mol. The average molecular weight is 739 g/mol. The lowest BCUT2D eigenvalue weighted by atomic mass is 9.84. The summed E-state index contributed by atoms with van der Waals surface area (Å²) in [5.74, 6) is 0.0603. The van der Waals surface area contributed by atoms with Gasteiger partial charge in [0.05, 0.1) is 29.6 Å². The number of nitrogens with zero attached hydrogens (tertiary/aromatic N) is 1. The highest BCUT2D eigenvalue weighted by Crippen LogP contribution is 2.73. The van der Waals surface area contributed by atoms with Crippen LogP contribution in [0.4, 0.5) is 0 Å². The van der Waals surface area contributed by atoms with Gasteiger partial charge in [-0.1, -0.05) is 131 Å². The molecule has 0 saturated heterocycles. The lowest BCUT2D eigenvalue weighted by Crippen LogP contribution is -2.28. The second kappa shape index (κ2) is 15.7. The van der Waals surface area contributed by atoms with Crippen LogP contribution < -0.4 is 5.56 Å². The van der Waals surface area contributed by atoms with Crippen LogP contribution in [-0.4, -0.2) is 39.7 Å². The minimum Gasteiger partial charge on any atom is -0.507 e. The van der Waals surface area contributed by atoms with Gasteiger partial charge in [-0.2, -0.15) is 0 Å². The molecule has 0 fully saturated rings. The number of aromatic nitrogens is 1. The van der Waals surface area contributed by atoms with Crippen LogP contribution in [0.3, 0.4) is 0 Å². The maximum absolute atomic E-state index is 14.6. The number of aryl methyl sites for hydroxylation is 1. The molecule has 0 amide bonds. The second-order valence-electron chi connectivity index (χ2n) is 14.7. The molecule has 7 heteroatoms. The molecule has 4 aromatic carbocycles. The van der Waals surface area contributed by atoms with Crippen molar-refractivity contribution in [2.75, 3.05) is 18.5 Å². The molecule has 6 nitrogen and oxygen atoms in total. The van der Waals surface area contributed by atoms with E-state index in [1.54, 1.807) is 28.8 Å². The molecule has 0 radical (unpaired) electrons. The molecule has 1 aliphatic rings. The molecule has 0 aliphatic heterocycles. The molecule has 276 valence electrons. The number of unbranched alkanes of at least 4 members (excludes halogenated alkanes) is 3. The first kappa shape index (κ1) is 37.3. The summed E-state index contributed by atoms with van der Waals surface area (Å²) < 4.78 is 8.09. The van der Waals surface area contributed by atoms with Crippen molar-refractivity contribution in [3.05, 3.63) is 147 Å². The third-order valence-corrected chi connectivity index (χ3v) is 16.6. The molecule has 6 aromatic rings. The number of para-hydroxylation sites is 1. The molecule has 2 heterocycles. The Hall–Kier alpha value is -5.06. The quantitative estimate of drug-likeness (QED) is 0.112. The molecule has 1 atom stereocenters. The van der Waals surface area contributed by atoms with Gasteiger partial charge in [0.25, 0.3) is 5.56 Å². The summed E-state index contributed by atoms with van der Waals surface area (Å²) in [6.07, 6.45) is 9.45. The number of carbonyl (C=O) groups excluding carboxylic acids is 2. The van der Waals surface area contributed by atoms with Crippen LogP contribution >= 0.6 is 7.26 Å². The van der Waals surface area contributed by atoms with Crippen LogP contribution in [0, 0.1) is 0 Å². The Morgan fingerprint density at radius 2 is 1.19 bits per heavy atom. The molecule has 7 rings (SSSR count). The molecule has 0 saturated carbocycles. The smallest absolute Gasteiger partial charge is 0.262 e. The normalized spacial score (nSPS) is 13.3. The fraction of sp³-hybridized carbons (Fsp3) is 0.298. The van der Waals surface area contributed by atoms with E-state index in [1.807, 2.05) is 73.8 Å². The summed E-state index contributed by atoms with van der Waals surface area (Å²) in [7, 11) is -0.141. The van der Waals surface area contributed by atoms with Crippen molar-refractivity contribution in [2.45, 2.75) is 65.0 Å². The van der Waals surface area contributed by atoms with E-state index in [9.17, 15) is 19.5 Å². The first-order valence-electron chi connectivity index (χ1n) is 19.4. The fourth-order valence-electron chi connectivity index (χ4n) is 8.49. The number of hydrogen-bond acceptors (Lipinski definition) is 5. The van der Waals surface area contributed by atoms with E-state index < -0.39 is 7.26 Å². The minimum absolute atomic E-state index is 0.0581. The number of hydrogen-bond donors (Lipinski definition) is 1. The van der Waals surface area contributed by atoms with Gasteiger partial charge in [-0.25, -0.2) is 0 Å². The van der Waals surface area contributed by atoms with Crippen molar-refractivity contribution < 1.29 is 19.1 Å². The van der Waals surface area contributed by atoms with E-state index in [0.717, 1.165) is 73.7 Å². The lowest BCUT2D eigenvalue weighted by Gasteiger charge is -2.36. The number of carbonyl (C=O) groups is 2. The van der Waals surface area contributed by atoms with Gasteiger partial charge in [-0.3, -0.25) is 14.4 Å². The molecular formula is C47H49NO5P+. The molecule has 0 spiro atoms. The third-order valence-electron chi connectivity index (χ3n) is 11.3. The van der Waals surface area contributed by atoms with Crippen LogP contribution in [0.5, 0.6) is 5.75 Å². The van der Waals surface area contributed by atoms with E-state index in [1.165, 1.54) is 0 Å². The Labute approximate surface area is 318 Å². The summed E-state index contributed by atoms with van der Waals surface area (Å²) in [5, 5.41) is 12.9. The predicted octanol–water partition coefficient (Wildman–Crippen LogP) is 11.5. The lowest BCUT2D eigenvalue weighted by molar-refractivity contribution is 0.0961. The Morgan fingerprint density at radius 3 is 1.80 bits per heavy atom. The van der Waals surface area contributed by atoms with E-state index in [-0.39, 0.29) is 39.9 Å². The fourth-order valence-corrected chi connectivity index (χ4v) is 14.4. The molecule has 1 N–H and O–H groups in total. The summed E-state index contributed by atoms with van der Waals surface area (Å²) in [6.45, 7) is 6.68. The number of fused-ring (bicyclic) bond motifs is 3. The first-order chi connectivity index (χ1) is 26.3. The van der Waals surface area contributed by atoms with Crippen molar-refractivity contribution in [1.29, 1.82) is 0 Å². The van der Waals surface area contributed by atoms with Gasteiger partial charge in [-0.05, 0) is 42.5 Å². The molecule has 1 aliphatic carbocycles. The topological polar surface area (TPSA) is 89.5 Å². The van der Waals surface area contributed by atoms with Crippen molar-refractivity contribution in [1.82, 2.24) is 4.57 Å². The van der Waals surface area contributed by atoms with Crippen LogP contribution in [0.2, 0.25) is 0 Å². The van der Waals surface area contributed by atoms with Crippen LogP contribution in [-0.2, 0) is 7.05 Å². The number of furan rings is 1. The number of ketones is 2. The average Bonchev–Trinajstić information content (AvgIpc) is 3.62. The predicted molar refractivity (Wildman–Crippen MR) is 222 cm³/mol. The number of rotatable bonds is 14. The summed E-state index contributed by atoms with van der Waals surface area (Å²) in [6, 6.07) is 32.3. The molecule has 54 heavy (non-hydrogen) atoms. The van der Waals surface area contributed by atoms with Crippen molar-refractivity contribution >= 4 is 29.7 Å². The van der Waals surface area contributed by atoms with Gasteiger partial charge in [0.15, 0.2) is 11.5 Å². The Kier molecular flexibility index (Phi) is 10.9. The summed E-state index contributed by atoms with van der Waals surface area (Å²) in [5.41, 5.74) is 4.83. The highest BCUT2D eigenvalue weighted by atomic mass is 31.2. The Balaban J connectivity index is 1.47. The van der Waals surface area contributed by atoms with Gasteiger partial charge >= 0.3 is 0 Å². The van der Waals surface area contributed by atoms with Crippen LogP contribution in [0.15, 0.2) is 112 Å². The second-order valence-corrected chi connectivity index (χ2v) is 19.0. The van der Waals surface area contributed by atoms with Crippen LogP contribution in [0.1, 0.15) is 108 Å². The standard InChI is InChI=1S/C47H48NO5P/c1-5-8-28-54(29-9-6-2,30-10-7-3)46(40-42(50)36-22-16-17-23-37(36)48(4)47(40)52)33-26-24-31(25-27-33)38-39-41(49)34-20-14-15-21-35(34)43(51)45(39)53-44(38)32-18-12-11-13-19-32/h11-27,46H,5-10,28-30H2,1-4H3/p+1. The highest BCUT2D eigenvalue weighted by molar-refractivity contribution is 7.76. The third kappa shape index (κ3) is 6.45. The zero-order valence-corrected chi connectivity index (χ0v) is 32.6. The maximum Gasteiger partial charge on any atom is 0.262 e. The number of benzene rings is 4. The Morgan fingerprint density at radius 1 is 0.630 bits per heavy atom. The van der Waals surface area contributed by atoms with E-state index >= 15 is 0 Å². The monoisotopic (exact) mass is 738 g/mol. The van der Waals surface area contributed by atoms with Gasteiger partial charge in [-0.15, -0.1) is 0 Å². The van der Waals surface area contributed by atoms with Gasteiger partial charge in [0.2, 0.25) is 5.78 Å². The van der Waals surface area contributed by atoms with E-state index in [4.69, 9.17) is 4.42 Å². The van der Waals surface area contributed by atoms with Crippen LogP contribution in [0.25, 0.3) is 33.4 Å². The SMILES string of the molecule is CCCC[P+](CCCC)(CCCC)C(c1ccc(-c2c(-c3ccccc3)oc3c2C(=O)c2ccccc2C3=O)cc1)c1c(O)c2ccccc2n(C)c1=O. The Bertz CT molecular complexity index is 2370. The zero-order chi connectivity index (χ0) is 38.0. The van der Waals surface area contributed by atoms with E-state index in [0.29, 0.717) is 38.9 Å².